The predicted octanol–water partition coefficient (Wildman–Crippen LogP) is 5.65. The zero-order chi connectivity index (χ0) is 33.8. The maximum absolute atomic E-state index is 3.23. The molecule has 0 aliphatic carbocycles. The van der Waals surface area contributed by atoms with E-state index in [0.717, 1.165) is 12.6 Å². The van der Waals surface area contributed by atoms with Crippen LogP contribution in [0.5, 0.6) is 0 Å². The molecule has 0 bridgehead atoms. The van der Waals surface area contributed by atoms with E-state index in [2.05, 4.69) is 157 Å². The van der Waals surface area contributed by atoms with Gasteiger partial charge in [-0.25, -0.2) is 0 Å². The predicted molar refractivity (Wildman–Crippen MR) is 194 cm³/mol. The summed E-state index contributed by atoms with van der Waals surface area (Å²) in [6.45, 7) is 33.7. The third-order valence-corrected chi connectivity index (χ3v) is 8.05. The standard InChI is InChI=1S/C11H24N2.C10H19N.C8H18N2.C8H15N/c1-5-13-8-6-7-11(13)9-12(4)10(2)3;1-9(2)7-8-10(3,4)11(5)6;1-8(2)9(3)4-5-10-6-7-10;1-8(2)6-5-7-9(3)4/h10-11H,5-9H2,1-4H3;9H,1-6H3;8H,4-7H2,1-3H3;8H,7H2,1-4H3. The zero-order valence-corrected chi connectivity index (χ0v) is 32.1. The summed E-state index contributed by atoms with van der Waals surface area (Å²) in [7, 11) is 12.6. The second kappa shape index (κ2) is 24.2. The molecule has 254 valence electrons. The van der Waals surface area contributed by atoms with Gasteiger partial charge in [0.05, 0.1) is 12.1 Å². The van der Waals surface area contributed by atoms with E-state index in [9.17, 15) is 0 Å². The zero-order valence-electron chi connectivity index (χ0n) is 32.1. The Kier molecular flexibility index (Phi) is 24.7. The summed E-state index contributed by atoms with van der Waals surface area (Å²) in [4.78, 5) is 14.1. The Bertz CT molecular complexity index is 789. The van der Waals surface area contributed by atoms with Crippen molar-refractivity contribution in [3.63, 3.8) is 0 Å². The summed E-state index contributed by atoms with van der Waals surface area (Å²) in [5.41, 5.74) is 0.00424. The van der Waals surface area contributed by atoms with Gasteiger partial charge in [0.1, 0.15) is 0 Å². The Morgan fingerprint density at radius 2 is 1.30 bits per heavy atom. The van der Waals surface area contributed by atoms with Crippen LogP contribution in [-0.4, -0.2) is 148 Å². The van der Waals surface area contributed by atoms with Crippen LogP contribution >= 0.6 is 0 Å². The van der Waals surface area contributed by atoms with Crippen molar-refractivity contribution in [2.24, 2.45) is 11.8 Å². The van der Waals surface area contributed by atoms with Crippen molar-refractivity contribution in [2.75, 3.05) is 94.6 Å². The molecule has 1 atom stereocenters. The topological polar surface area (TPSA) is 19.2 Å². The summed E-state index contributed by atoms with van der Waals surface area (Å²) in [5, 5.41) is 0. The molecule has 2 saturated heterocycles. The number of rotatable bonds is 10. The fraction of sp³-hybridized carbons (Fsp3) is 0.892. The first-order chi connectivity index (χ1) is 19.8. The van der Waals surface area contributed by atoms with Crippen LogP contribution in [0.4, 0.5) is 0 Å². The van der Waals surface area contributed by atoms with Crippen LogP contribution in [0.3, 0.4) is 0 Å². The van der Waals surface area contributed by atoms with Gasteiger partial charge in [-0.15, -0.1) is 0 Å². The highest BCUT2D eigenvalue weighted by molar-refractivity contribution is 5.15. The molecule has 0 spiro atoms. The lowest BCUT2D eigenvalue weighted by atomic mass is 10.0. The van der Waals surface area contributed by atoms with Gasteiger partial charge in [-0.05, 0) is 110 Å². The van der Waals surface area contributed by atoms with Gasteiger partial charge in [0, 0.05) is 62.7 Å². The molecule has 0 N–H and O–H groups in total. The Morgan fingerprint density at radius 1 is 0.767 bits per heavy atom. The van der Waals surface area contributed by atoms with Crippen LogP contribution in [0.2, 0.25) is 0 Å². The first-order valence-electron chi connectivity index (χ1n) is 17.0. The van der Waals surface area contributed by atoms with E-state index in [1.807, 2.05) is 14.1 Å². The lowest BCUT2D eigenvalue weighted by molar-refractivity contribution is 0.176. The van der Waals surface area contributed by atoms with Crippen molar-refractivity contribution in [1.82, 2.24) is 29.4 Å². The third kappa shape index (κ3) is 25.9. The van der Waals surface area contributed by atoms with Crippen molar-refractivity contribution in [2.45, 2.75) is 113 Å². The summed E-state index contributed by atoms with van der Waals surface area (Å²) in [6, 6.07) is 2.19. The van der Waals surface area contributed by atoms with E-state index in [1.165, 1.54) is 58.7 Å². The van der Waals surface area contributed by atoms with Gasteiger partial charge in [0.2, 0.25) is 0 Å². The third-order valence-electron chi connectivity index (χ3n) is 8.05. The van der Waals surface area contributed by atoms with E-state index >= 15 is 0 Å². The molecule has 43 heavy (non-hydrogen) atoms. The van der Waals surface area contributed by atoms with E-state index < -0.39 is 0 Å². The monoisotopic (exact) mass is 605 g/mol. The number of likely N-dealkylation sites (N-methyl/N-ethyl adjacent to an activating group) is 3. The smallest absolute Gasteiger partial charge is 0.0763 e. The first kappa shape index (κ1) is 44.0. The number of hydrogen-bond donors (Lipinski definition) is 0. The van der Waals surface area contributed by atoms with Crippen LogP contribution in [0.1, 0.15) is 89.0 Å². The average molecular weight is 605 g/mol. The van der Waals surface area contributed by atoms with Gasteiger partial charge < -0.3 is 9.80 Å². The minimum Gasteiger partial charge on any atom is -0.303 e. The summed E-state index contributed by atoms with van der Waals surface area (Å²) in [5.74, 6) is 13.5. The van der Waals surface area contributed by atoms with E-state index in [0.29, 0.717) is 23.9 Å². The molecule has 2 fully saturated rings. The maximum atomic E-state index is 3.23. The Morgan fingerprint density at radius 3 is 1.70 bits per heavy atom. The van der Waals surface area contributed by atoms with Crippen molar-refractivity contribution >= 4 is 0 Å². The number of nitrogens with zero attached hydrogens (tertiary/aromatic N) is 6. The molecule has 2 heterocycles. The highest BCUT2D eigenvalue weighted by atomic mass is 15.3. The van der Waals surface area contributed by atoms with Gasteiger partial charge in [0.15, 0.2) is 0 Å². The summed E-state index contributed by atoms with van der Waals surface area (Å²) < 4.78 is 0. The largest absolute Gasteiger partial charge is 0.303 e. The normalized spacial score (nSPS) is 16.9. The molecule has 0 aromatic heterocycles. The van der Waals surface area contributed by atoms with Crippen LogP contribution < -0.4 is 0 Å². The molecule has 0 amide bonds. The summed E-state index contributed by atoms with van der Waals surface area (Å²) >= 11 is 0. The van der Waals surface area contributed by atoms with Crippen LogP contribution in [-0.2, 0) is 0 Å². The van der Waals surface area contributed by atoms with Gasteiger partial charge in [0.25, 0.3) is 0 Å². The van der Waals surface area contributed by atoms with Crippen LogP contribution in [0.25, 0.3) is 0 Å². The molecular weight excluding hydrogens is 528 g/mol. The molecule has 6 nitrogen and oxygen atoms in total. The second-order valence-corrected chi connectivity index (χ2v) is 14.5. The quantitative estimate of drug-likeness (QED) is 0.236. The fourth-order valence-electron chi connectivity index (χ4n) is 3.75. The first-order valence-corrected chi connectivity index (χ1v) is 17.0. The van der Waals surface area contributed by atoms with Crippen molar-refractivity contribution in [3.05, 3.63) is 0 Å². The number of hydrogen-bond acceptors (Lipinski definition) is 6. The Balaban J connectivity index is 0. The second-order valence-electron chi connectivity index (χ2n) is 14.5. The lowest BCUT2D eigenvalue weighted by Gasteiger charge is -2.29. The average Bonchev–Trinajstić information content (AvgIpc) is 3.63. The van der Waals surface area contributed by atoms with E-state index in [4.69, 9.17) is 0 Å². The van der Waals surface area contributed by atoms with E-state index in [1.54, 1.807) is 0 Å². The molecule has 2 rings (SSSR count). The van der Waals surface area contributed by atoms with Crippen LogP contribution in [0.15, 0.2) is 0 Å². The Labute approximate surface area is 271 Å². The minimum atomic E-state index is 0.00424. The van der Waals surface area contributed by atoms with Gasteiger partial charge in [-0.1, -0.05) is 58.3 Å². The molecule has 0 saturated carbocycles. The molecule has 1 unspecified atom stereocenters. The van der Waals surface area contributed by atoms with E-state index in [-0.39, 0.29) is 5.54 Å². The molecular formula is C37H76N6. The Hall–Kier alpha value is -1.12. The molecule has 0 radical (unpaired) electrons. The molecule has 0 aromatic rings. The number of likely N-dealkylation sites (tertiary alicyclic amines) is 1. The maximum Gasteiger partial charge on any atom is 0.0763 e. The molecule has 2 aliphatic rings. The van der Waals surface area contributed by atoms with Crippen molar-refractivity contribution < 1.29 is 0 Å². The molecule has 2 aliphatic heterocycles. The van der Waals surface area contributed by atoms with Crippen molar-refractivity contribution in [1.29, 1.82) is 0 Å². The van der Waals surface area contributed by atoms with Gasteiger partial charge >= 0.3 is 0 Å². The molecule has 6 heteroatoms. The lowest BCUT2D eigenvalue weighted by Crippen LogP contribution is -2.41. The fourth-order valence-corrected chi connectivity index (χ4v) is 3.75. The minimum absolute atomic E-state index is 0.00424. The molecule has 0 aromatic carbocycles. The van der Waals surface area contributed by atoms with Crippen LogP contribution in [0, 0.1) is 35.5 Å². The highest BCUT2D eigenvalue weighted by Gasteiger charge is 2.24. The van der Waals surface area contributed by atoms with Crippen molar-refractivity contribution in [3.8, 4) is 23.7 Å². The van der Waals surface area contributed by atoms with Gasteiger partial charge in [-0.2, -0.15) is 0 Å². The SMILES string of the molecule is CC(C)C#CC(C)(C)N(C)C.CC(C)C#CCN(C)C.CC(C)N(C)CCN1CC1.CCN1CCCC1CN(C)C(C)C. The highest BCUT2D eigenvalue weighted by Crippen LogP contribution is 2.17. The summed E-state index contributed by atoms with van der Waals surface area (Å²) in [6.07, 6.45) is 2.79. The van der Waals surface area contributed by atoms with Gasteiger partial charge in [-0.3, -0.25) is 19.6 Å².